The van der Waals surface area contributed by atoms with E-state index in [-0.39, 0.29) is 5.63 Å². The van der Waals surface area contributed by atoms with Crippen LogP contribution in [0.4, 0.5) is 0 Å². The van der Waals surface area contributed by atoms with Gasteiger partial charge in [0.1, 0.15) is 11.3 Å². The molecule has 0 radical (unpaired) electrons. The van der Waals surface area contributed by atoms with Gasteiger partial charge in [0.25, 0.3) is 0 Å². The predicted octanol–water partition coefficient (Wildman–Crippen LogP) is 4.70. The van der Waals surface area contributed by atoms with Gasteiger partial charge in [-0.05, 0) is 75.9 Å². The zero-order chi connectivity index (χ0) is 17.9. The number of rotatable bonds is 5. The third-order valence-corrected chi connectivity index (χ3v) is 6.17. The summed E-state index contributed by atoms with van der Waals surface area (Å²) in [6.07, 6.45) is 9.59. The smallest absolute Gasteiger partial charge is 0.339 e. The average molecular weight is 355 g/mol. The Morgan fingerprint density at radius 1 is 1.12 bits per heavy atom. The molecule has 1 saturated carbocycles. The highest BCUT2D eigenvalue weighted by atomic mass is 16.5. The topological polar surface area (TPSA) is 42.7 Å². The fourth-order valence-electron chi connectivity index (χ4n) is 4.55. The fourth-order valence-corrected chi connectivity index (χ4v) is 4.55. The number of benzene rings is 1. The molecule has 2 aliphatic rings. The summed E-state index contributed by atoms with van der Waals surface area (Å²) in [4.78, 5) is 14.7. The Balaban J connectivity index is 1.46. The second-order valence-corrected chi connectivity index (χ2v) is 7.94. The van der Waals surface area contributed by atoms with Crippen LogP contribution >= 0.6 is 0 Å². The lowest BCUT2D eigenvalue weighted by Crippen LogP contribution is -2.37. The first-order valence-corrected chi connectivity index (χ1v) is 10.1. The largest absolute Gasteiger partial charge is 0.494 e. The molecule has 0 N–H and O–H groups in total. The lowest BCUT2D eigenvalue weighted by Gasteiger charge is -2.32. The maximum absolute atomic E-state index is 12.3. The van der Waals surface area contributed by atoms with E-state index < -0.39 is 0 Å². The Hall–Kier alpha value is -1.81. The number of fused-ring (bicyclic) bond motifs is 1. The number of nitrogens with zero attached hydrogens (tertiary/aromatic N) is 1. The molecule has 4 heteroatoms. The van der Waals surface area contributed by atoms with Crippen molar-refractivity contribution in [1.29, 1.82) is 0 Å². The molecule has 4 nitrogen and oxygen atoms in total. The van der Waals surface area contributed by atoms with Crippen LogP contribution in [-0.4, -0.2) is 31.1 Å². The molecule has 0 amide bonds. The van der Waals surface area contributed by atoms with Crippen molar-refractivity contribution in [2.75, 3.05) is 20.2 Å². The van der Waals surface area contributed by atoms with Gasteiger partial charge in [-0.15, -0.1) is 0 Å². The van der Waals surface area contributed by atoms with Crippen molar-refractivity contribution in [2.45, 2.75) is 63.3 Å². The maximum atomic E-state index is 12.3. The highest BCUT2D eigenvalue weighted by Gasteiger charge is 2.21. The number of likely N-dealkylation sites (tertiary alicyclic amines) is 1. The van der Waals surface area contributed by atoms with Gasteiger partial charge in [0.15, 0.2) is 0 Å². The molecular formula is C22H29NO3. The minimum absolute atomic E-state index is 0.168. The summed E-state index contributed by atoms with van der Waals surface area (Å²) in [7, 11) is 2.21. The van der Waals surface area contributed by atoms with Crippen molar-refractivity contribution in [2.24, 2.45) is 0 Å². The van der Waals surface area contributed by atoms with E-state index in [1.165, 1.54) is 38.6 Å². The Labute approximate surface area is 155 Å². The quantitative estimate of drug-likeness (QED) is 0.729. The summed E-state index contributed by atoms with van der Waals surface area (Å²) in [5.41, 5.74) is 1.32. The van der Waals surface area contributed by atoms with E-state index in [2.05, 4.69) is 11.9 Å². The van der Waals surface area contributed by atoms with Crippen LogP contribution in [0.1, 0.15) is 62.8 Å². The Morgan fingerprint density at radius 2 is 1.92 bits per heavy atom. The van der Waals surface area contributed by atoms with Gasteiger partial charge < -0.3 is 14.1 Å². The van der Waals surface area contributed by atoms with Crippen LogP contribution in [0.3, 0.4) is 0 Å². The number of hydrogen-bond donors (Lipinski definition) is 0. The molecule has 1 unspecified atom stereocenters. The van der Waals surface area contributed by atoms with Gasteiger partial charge in [-0.2, -0.15) is 0 Å². The van der Waals surface area contributed by atoms with E-state index >= 15 is 0 Å². The summed E-state index contributed by atoms with van der Waals surface area (Å²) in [6.45, 7) is 1.93. The molecule has 1 aromatic carbocycles. The van der Waals surface area contributed by atoms with E-state index in [0.29, 0.717) is 17.5 Å². The van der Waals surface area contributed by atoms with Crippen molar-refractivity contribution in [3.05, 3.63) is 40.2 Å². The Morgan fingerprint density at radius 3 is 2.73 bits per heavy atom. The maximum Gasteiger partial charge on any atom is 0.339 e. The summed E-state index contributed by atoms with van der Waals surface area (Å²) in [6, 6.07) is 8.44. The minimum atomic E-state index is -0.168. The summed E-state index contributed by atoms with van der Waals surface area (Å²) in [5.74, 6) is 1.23. The average Bonchev–Trinajstić information content (AvgIpc) is 3.17. The molecule has 1 aliphatic heterocycles. The first-order chi connectivity index (χ1) is 12.7. The second kappa shape index (κ2) is 7.83. The van der Waals surface area contributed by atoms with E-state index in [4.69, 9.17) is 9.15 Å². The SMILES string of the molecule is CN1CCCCC1CCOc1ccc2oc(=O)c(C3CCCC3)cc2c1. The van der Waals surface area contributed by atoms with Gasteiger partial charge in [0, 0.05) is 17.0 Å². The molecule has 2 fully saturated rings. The van der Waals surface area contributed by atoms with Crippen molar-refractivity contribution < 1.29 is 9.15 Å². The van der Waals surface area contributed by atoms with E-state index in [1.54, 1.807) is 0 Å². The lowest BCUT2D eigenvalue weighted by molar-refractivity contribution is 0.153. The first kappa shape index (κ1) is 17.6. The molecule has 140 valence electrons. The minimum Gasteiger partial charge on any atom is -0.494 e. The van der Waals surface area contributed by atoms with Gasteiger partial charge in [-0.25, -0.2) is 4.79 Å². The fraction of sp³-hybridized carbons (Fsp3) is 0.591. The van der Waals surface area contributed by atoms with Gasteiger partial charge in [-0.1, -0.05) is 19.3 Å². The Kier molecular flexibility index (Phi) is 5.30. The molecule has 1 saturated heterocycles. The number of hydrogen-bond acceptors (Lipinski definition) is 4. The van der Waals surface area contributed by atoms with Crippen LogP contribution in [-0.2, 0) is 0 Å². The molecule has 0 bridgehead atoms. The zero-order valence-electron chi connectivity index (χ0n) is 15.7. The number of piperidine rings is 1. The zero-order valence-corrected chi connectivity index (χ0v) is 15.7. The van der Waals surface area contributed by atoms with Crippen molar-refractivity contribution in [3.8, 4) is 5.75 Å². The van der Waals surface area contributed by atoms with Gasteiger partial charge >= 0.3 is 5.63 Å². The highest BCUT2D eigenvalue weighted by molar-refractivity contribution is 5.78. The molecule has 0 spiro atoms. The summed E-state index contributed by atoms with van der Waals surface area (Å²) in [5, 5.41) is 0.971. The molecule has 26 heavy (non-hydrogen) atoms. The first-order valence-electron chi connectivity index (χ1n) is 10.1. The molecule has 2 aromatic rings. The third-order valence-electron chi connectivity index (χ3n) is 6.17. The van der Waals surface area contributed by atoms with Crippen LogP contribution in [0.25, 0.3) is 11.0 Å². The monoisotopic (exact) mass is 355 g/mol. The highest BCUT2D eigenvalue weighted by Crippen LogP contribution is 2.34. The van der Waals surface area contributed by atoms with E-state index in [9.17, 15) is 4.79 Å². The van der Waals surface area contributed by atoms with Crippen LogP contribution in [0.5, 0.6) is 5.75 Å². The predicted molar refractivity (Wildman–Crippen MR) is 104 cm³/mol. The summed E-state index contributed by atoms with van der Waals surface area (Å²) < 4.78 is 11.6. The molecule has 1 aliphatic carbocycles. The van der Waals surface area contributed by atoms with Crippen molar-refractivity contribution in [3.63, 3.8) is 0 Å². The van der Waals surface area contributed by atoms with Crippen LogP contribution in [0.2, 0.25) is 0 Å². The van der Waals surface area contributed by atoms with Gasteiger partial charge in [-0.3, -0.25) is 0 Å². The second-order valence-electron chi connectivity index (χ2n) is 7.94. The molecule has 2 heterocycles. The van der Waals surface area contributed by atoms with Crippen LogP contribution < -0.4 is 10.4 Å². The van der Waals surface area contributed by atoms with E-state index in [0.717, 1.165) is 42.6 Å². The Bertz CT molecular complexity index is 807. The normalized spacial score (nSPS) is 22.1. The van der Waals surface area contributed by atoms with Gasteiger partial charge in [0.2, 0.25) is 0 Å². The third kappa shape index (κ3) is 3.80. The van der Waals surface area contributed by atoms with Crippen LogP contribution in [0, 0.1) is 0 Å². The standard InChI is InChI=1S/C22H29NO3/c1-23-12-5-4-8-18(23)11-13-25-19-9-10-21-17(14-19)15-20(22(24)26-21)16-6-2-3-7-16/h9-10,14-16,18H,2-8,11-13H2,1H3. The molecular weight excluding hydrogens is 326 g/mol. The summed E-state index contributed by atoms with van der Waals surface area (Å²) >= 11 is 0. The number of ether oxygens (including phenoxy) is 1. The van der Waals surface area contributed by atoms with Crippen molar-refractivity contribution in [1.82, 2.24) is 4.90 Å². The molecule has 1 aromatic heterocycles. The lowest BCUT2D eigenvalue weighted by atomic mass is 9.98. The molecule has 1 atom stereocenters. The van der Waals surface area contributed by atoms with E-state index in [1.807, 2.05) is 24.3 Å². The van der Waals surface area contributed by atoms with Crippen LogP contribution in [0.15, 0.2) is 33.5 Å². The van der Waals surface area contributed by atoms with Gasteiger partial charge in [0.05, 0.1) is 6.61 Å². The molecule has 4 rings (SSSR count). The van der Waals surface area contributed by atoms with Crippen molar-refractivity contribution >= 4 is 11.0 Å².